The predicted molar refractivity (Wildman–Crippen MR) is 72.9 cm³/mol. The van der Waals surface area contributed by atoms with Gasteiger partial charge in [-0.15, -0.1) is 0 Å². The van der Waals surface area contributed by atoms with Crippen LogP contribution in [0.3, 0.4) is 0 Å². The highest BCUT2D eigenvalue weighted by Crippen LogP contribution is 2.22. The number of aliphatic imine (C=N–C) groups is 1. The molecule has 1 rings (SSSR count). The first-order valence-electron chi connectivity index (χ1n) is 5.99. The second-order valence-corrected chi connectivity index (χ2v) is 4.13. The number of carbonyl (C=O) groups excluding carboxylic acids is 1. The van der Waals surface area contributed by atoms with Gasteiger partial charge >= 0.3 is 6.03 Å². The van der Waals surface area contributed by atoms with Crippen LogP contribution < -0.4 is 22.1 Å². The Balaban J connectivity index is 3.23. The summed E-state index contributed by atoms with van der Waals surface area (Å²) in [6.45, 7) is 1.86. The molecular formula is C12H17F2N5O. The molecule has 1 atom stereocenters. The van der Waals surface area contributed by atoms with Gasteiger partial charge in [0.2, 0.25) is 0 Å². The third-order valence-corrected chi connectivity index (χ3v) is 2.56. The maximum absolute atomic E-state index is 13.3. The number of hydrogen-bond donors (Lipinski definition) is 3. The van der Waals surface area contributed by atoms with E-state index in [1.54, 1.807) is 0 Å². The molecule has 0 aliphatic carbocycles. The van der Waals surface area contributed by atoms with Crippen LogP contribution in [0.2, 0.25) is 0 Å². The van der Waals surface area contributed by atoms with E-state index in [-0.39, 0.29) is 11.6 Å². The molecule has 0 fully saturated rings. The number of nitrogens with zero attached hydrogens (tertiary/aromatic N) is 2. The molecule has 0 bridgehead atoms. The highest BCUT2D eigenvalue weighted by Gasteiger charge is 2.23. The zero-order chi connectivity index (χ0) is 15.3. The van der Waals surface area contributed by atoms with Crippen molar-refractivity contribution in [2.24, 2.45) is 22.2 Å². The Morgan fingerprint density at radius 2 is 1.95 bits per heavy atom. The summed E-state index contributed by atoms with van der Waals surface area (Å²) in [7, 11) is 0. The van der Waals surface area contributed by atoms with E-state index in [9.17, 15) is 13.6 Å². The van der Waals surface area contributed by atoms with Gasteiger partial charge in [-0.2, -0.15) is 0 Å². The predicted octanol–water partition coefficient (Wildman–Crippen LogP) is 1.25. The van der Waals surface area contributed by atoms with Crippen LogP contribution in [0.4, 0.5) is 19.3 Å². The molecule has 2 amide bonds. The lowest BCUT2D eigenvalue weighted by atomic mass is 10.2. The minimum absolute atomic E-state index is 0.0832. The van der Waals surface area contributed by atoms with Gasteiger partial charge in [0.05, 0.1) is 5.69 Å². The van der Waals surface area contributed by atoms with E-state index in [1.165, 1.54) is 6.07 Å². The minimum atomic E-state index is -1.09. The average molecular weight is 285 g/mol. The molecule has 6 N–H and O–H groups in total. The Labute approximate surface area is 115 Å². The second-order valence-electron chi connectivity index (χ2n) is 4.13. The van der Waals surface area contributed by atoms with Gasteiger partial charge in [0.25, 0.3) is 0 Å². The van der Waals surface area contributed by atoms with Crippen molar-refractivity contribution in [1.29, 1.82) is 0 Å². The maximum Gasteiger partial charge on any atom is 0.321 e. The number of guanidine groups is 1. The molecule has 0 radical (unpaired) electrons. The summed E-state index contributed by atoms with van der Waals surface area (Å²) in [6.07, 6.45) is 0.307. The number of benzene rings is 1. The first kappa shape index (κ1) is 15.7. The highest BCUT2D eigenvalue weighted by atomic mass is 19.2. The van der Waals surface area contributed by atoms with Gasteiger partial charge < -0.3 is 17.2 Å². The molecule has 8 heteroatoms. The molecule has 110 valence electrons. The lowest BCUT2D eigenvalue weighted by Crippen LogP contribution is -2.44. The smallest absolute Gasteiger partial charge is 0.321 e. The van der Waals surface area contributed by atoms with Gasteiger partial charge in [-0.05, 0) is 18.6 Å². The van der Waals surface area contributed by atoms with Crippen molar-refractivity contribution in [1.82, 2.24) is 0 Å². The highest BCUT2D eigenvalue weighted by molar-refractivity contribution is 5.91. The summed E-state index contributed by atoms with van der Waals surface area (Å²) in [4.78, 5) is 16.5. The molecule has 1 aromatic carbocycles. The molecular weight excluding hydrogens is 268 g/mol. The van der Waals surface area contributed by atoms with Gasteiger partial charge in [-0.25, -0.2) is 18.6 Å². The number of carbonyl (C=O) groups is 1. The molecule has 0 spiro atoms. The van der Waals surface area contributed by atoms with Crippen molar-refractivity contribution >= 4 is 17.7 Å². The number of anilines is 1. The fourth-order valence-corrected chi connectivity index (χ4v) is 1.76. The summed E-state index contributed by atoms with van der Waals surface area (Å²) in [5.41, 5.74) is 16.0. The largest absolute Gasteiger partial charge is 0.370 e. The fourth-order valence-electron chi connectivity index (χ4n) is 1.76. The summed E-state index contributed by atoms with van der Waals surface area (Å²) in [5, 5.41) is 0. The molecule has 0 aliphatic rings. The van der Waals surface area contributed by atoms with Gasteiger partial charge in [0.15, 0.2) is 17.6 Å². The number of primary amides is 1. The monoisotopic (exact) mass is 285 g/mol. The van der Waals surface area contributed by atoms with Gasteiger partial charge in [0, 0.05) is 6.07 Å². The molecule has 20 heavy (non-hydrogen) atoms. The number of urea groups is 1. The van der Waals surface area contributed by atoms with Crippen LogP contribution in [0, 0.1) is 11.6 Å². The first-order chi connectivity index (χ1) is 9.36. The lowest BCUT2D eigenvalue weighted by Gasteiger charge is -2.27. The Kier molecular flexibility index (Phi) is 5.24. The van der Waals surface area contributed by atoms with Crippen molar-refractivity contribution in [2.45, 2.75) is 25.9 Å². The van der Waals surface area contributed by atoms with E-state index in [4.69, 9.17) is 17.2 Å². The van der Waals surface area contributed by atoms with E-state index in [1.807, 2.05) is 6.92 Å². The summed E-state index contributed by atoms with van der Waals surface area (Å²) in [6, 6.07) is 2.14. The average Bonchev–Trinajstić information content (AvgIpc) is 2.33. The van der Waals surface area contributed by atoms with Crippen molar-refractivity contribution in [3.05, 3.63) is 29.8 Å². The Morgan fingerprint density at radius 3 is 2.40 bits per heavy atom. The van der Waals surface area contributed by atoms with Crippen molar-refractivity contribution in [2.75, 3.05) is 4.90 Å². The van der Waals surface area contributed by atoms with E-state index >= 15 is 0 Å². The Bertz CT molecular complexity index is 517. The normalized spacial score (nSPS) is 11.8. The molecule has 1 unspecified atom stereocenters. The van der Waals surface area contributed by atoms with Crippen molar-refractivity contribution in [3.8, 4) is 0 Å². The summed E-state index contributed by atoms with van der Waals surface area (Å²) >= 11 is 0. The zero-order valence-electron chi connectivity index (χ0n) is 11.0. The van der Waals surface area contributed by atoms with Crippen LogP contribution in [0.25, 0.3) is 0 Å². The van der Waals surface area contributed by atoms with Gasteiger partial charge in [0.1, 0.15) is 6.17 Å². The molecule has 1 aromatic rings. The minimum Gasteiger partial charge on any atom is -0.370 e. The van der Waals surface area contributed by atoms with Gasteiger partial charge in [-0.1, -0.05) is 13.3 Å². The summed E-state index contributed by atoms with van der Waals surface area (Å²) < 4.78 is 26.2. The number of halogens is 2. The SMILES string of the molecule is CCCC(N=C(N)N)N(C(N)=O)c1ccc(F)c(F)c1. The van der Waals surface area contributed by atoms with Crippen LogP contribution in [0.1, 0.15) is 19.8 Å². The van der Waals surface area contributed by atoms with Crippen LogP contribution in [0.15, 0.2) is 23.2 Å². The topological polar surface area (TPSA) is 111 Å². The molecule has 0 saturated carbocycles. The van der Waals surface area contributed by atoms with E-state index in [0.29, 0.717) is 12.8 Å². The van der Waals surface area contributed by atoms with Crippen LogP contribution in [0.5, 0.6) is 0 Å². The maximum atomic E-state index is 13.3. The van der Waals surface area contributed by atoms with Crippen molar-refractivity contribution in [3.63, 3.8) is 0 Å². The third kappa shape index (κ3) is 3.81. The molecule has 0 heterocycles. The number of hydrogen-bond acceptors (Lipinski definition) is 2. The first-order valence-corrected chi connectivity index (χ1v) is 5.99. The van der Waals surface area contributed by atoms with Gasteiger partial charge in [-0.3, -0.25) is 4.90 Å². The fraction of sp³-hybridized carbons (Fsp3) is 0.333. The molecule has 6 nitrogen and oxygen atoms in total. The number of nitrogens with two attached hydrogens (primary N) is 3. The standard InChI is InChI=1S/C12H17F2N5O/c1-2-3-10(18-11(15)16)19(12(17)20)7-4-5-8(13)9(14)6-7/h4-6,10H,2-3H2,1H3,(H2,17,20)(H4,15,16,18). The van der Waals surface area contributed by atoms with Crippen molar-refractivity contribution < 1.29 is 13.6 Å². The zero-order valence-corrected chi connectivity index (χ0v) is 11.0. The van der Waals surface area contributed by atoms with E-state index in [2.05, 4.69) is 4.99 Å². The third-order valence-electron chi connectivity index (χ3n) is 2.56. The Hall–Kier alpha value is -2.38. The second kappa shape index (κ2) is 6.69. The summed E-state index contributed by atoms with van der Waals surface area (Å²) in [5.74, 6) is -2.34. The molecule has 0 aromatic heterocycles. The molecule has 0 aliphatic heterocycles. The quantitative estimate of drug-likeness (QED) is 0.559. The van der Waals surface area contributed by atoms with Crippen LogP contribution in [-0.2, 0) is 0 Å². The van der Waals surface area contributed by atoms with Crippen LogP contribution >= 0.6 is 0 Å². The Morgan fingerprint density at radius 1 is 1.30 bits per heavy atom. The lowest BCUT2D eigenvalue weighted by molar-refractivity contribution is 0.251. The van der Waals surface area contributed by atoms with E-state index < -0.39 is 23.8 Å². The van der Waals surface area contributed by atoms with Crippen LogP contribution in [-0.4, -0.2) is 18.2 Å². The van der Waals surface area contributed by atoms with E-state index in [0.717, 1.165) is 17.0 Å². The number of amides is 2. The number of rotatable bonds is 5. The molecule has 0 saturated heterocycles.